The Balaban J connectivity index is 1.50. The van der Waals surface area contributed by atoms with Gasteiger partial charge < -0.3 is 9.88 Å². The van der Waals surface area contributed by atoms with E-state index in [-0.39, 0.29) is 11.9 Å². The fourth-order valence-electron chi connectivity index (χ4n) is 5.17. The second-order valence-electron chi connectivity index (χ2n) is 10.7. The van der Waals surface area contributed by atoms with Crippen molar-refractivity contribution in [1.82, 2.24) is 19.7 Å². The van der Waals surface area contributed by atoms with Gasteiger partial charge in [0.2, 0.25) is 5.91 Å². The summed E-state index contributed by atoms with van der Waals surface area (Å²) in [7, 11) is 4.06. The maximum Gasteiger partial charge on any atom is 0.226 e. The summed E-state index contributed by atoms with van der Waals surface area (Å²) < 4.78 is 2.39. The molecule has 174 valence electrons. The minimum absolute atomic E-state index is 0.0168. The summed E-state index contributed by atoms with van der Waals surface area (Å²) in [6.07, 6.45) is 6.50. The molecule has 0 spiro atoms. The molecule has 0 aliphatic heterocycles. The Kier molecular flexibility index (Phi) is 6.70. The summed E-state index contributed by atoms with van der Waals surface area (Å²) in [5.74, 6) is 4.22. The van der Waals surface area contributed by atoms with Crippen molar-refractivity contribution in [3.05, 3.63) is 41.0 Å². The van der Waals surface area contributed by atoms with Gasteiger partial charge in [-0.3, -0.25) is 9.69 Å². The summed E-state index contributed by atoms with van der Waals surface area (Å²) in [4.78, 5) is 15.1. The molecule has 1 atom stereocenters. The molecule has 2 aliphatic carbocycles. The first-order chi connectivity index (χ1) is 15.2. The molecule has 6 nitrogen and oxygen atoms in total. The Morgan fingerprint density at radius 2 is 1.91 bits per heavy atom. The molecule has 0 unspecified atom stereocenters. The van der Waals surface area contributed by atoms with Crippen molar-refractivity contribution in [3.8, 4) is 0 Å². The van der Waals surface area contributed by atoms with Crippen LogP contribution in [0.15, 0.2) is 18.2 Å². The zero-order valence-electron chi connectivity index (χ0n) is 20.6. The van der Waals surface area contributed by atoms with Gasteiger partial charge in [-0.1, -0.05) is 31.5 Å². The van der Waals surface area contributed by atoms with E-state index in [2.05, 4.69) is 51.8 Å². The summed E-state index contributed by atoms with van der Waals surface area (Å²) in [5, 5.41) is 12.5. The van der Waals surface area contributed by atoms with Crippen LogP contribution in [0.5, 0.6) is 0 Å². The van der Waals surface area contributed by atoms with E-state index in [4.69, 9.17) is 0 Å². The Labute approximate surface area is 192 Å². The molecule has 1 N–H and O–H groups in total. The Morgan fingerprint density at radius 1 is 1.19 bits per heavy atom. The predicted octanol–water partition coefficient (Wildman–Crippen LogP) is 5.40. The van der Waals surface area contributed by atoms with E-state index in [1.165, 1.54) is 37.7 Å². The number of nitrogens with zero attached hydrogens (tertiary/aromatic N) is 4. The average molecular weight is 438 g/mol. The average Bonchev–Trinajstić information content (AvgIpc) is 3.43. The summed E-state index contributed by atoms with van der Waals surface area (Å²) >= 11 is 0. The van der Waals surface area contributed by atoms with Crippen LogP contribution in [-0.2, 0) is 4.79 Å². The van der Waals surface area contributed by atoms with Crippen LogP contribution in [-0.4, -0.2) is 39.7 Å². The molecule has 2 aromatic rings. The molecule has 2 fully saturated rings. The molecule has 4 rings (SSSR count). The first kappa shape index (κ1) is 23.0. The highest BCUT2D eigenvalue weighted by atomic mass is 16.1. The van der Waals surface area contributed by atoms with Gasteiger partial charge in [0.1, 0.15) is 5.82 Å². The number of benzene rings is 1. The highest BCUT2D eigenvalue weighted by molar-refractivity contribution is 5.91. The van der Waals surface area contributed by atoms with E-state index in [1.807, 2.05) is 33.2 Å². The van der Waals surface area contributed by atoms with Crippen LogP contribution in [0.3, 0.4) is 0 Å². The zero-order valence-corrected chi connectivity index (χ0v) is 20.6. The van der Waals surface area contributed by atoms with Crippen molar-refractivity contribution < 1.29 is 4.79 Å². The Bertz CT molecular complexity index is 953. The molecule has 32 heavy (non-hydrogen) atoms. The van der Waals surface area contributed by atoms with Gasteiger partial charge in [-0.05, 0) is 83.5 Å². The van der Waals surface area contributed by atoms with Gasteiger partial charge in [-0.25, -0.2) is 0 Å². The third kappa shape index (κ3) is 5.06. The van der Waals surface area contributed by atoms with Crippen LogP contribution >= 0.6 is 0 Å². The van der Waals surface area contributed by atoms with Crippen molar-refractivity contribution in [2.45, 2.75) is 84.2 Å². The maximum absolute atomic E-state index is 13.0. The number of hydrogen-bond acceptors (Lipinski definition) is 4. The summed E-state index contributed by atoms with van der Waals surface area (Å²) in [6.45, 7) is 8.72. The molecule has 6 heteroatoms. The lowest BCUT2D eigenvalue weighted by Crippen LogP contribution is -2.30. The molecule has 0 saturated heterocycles. The van der Waals surface area contributed by atoms with Crippen molar-refractivity contribution in [2.75, 3.05) is 19.4 Å². The maximum atomic E-state index is 13.0. The fraction of sp³-hybridized carbons (Fsp3) is 0.654. The number of rotatable bonds is 9. The molecule has 1 amide bonds. The van der Waals surface area contributed by atoms with Crippen molar-refractivity contribution in [3.63, 3.8) is 0 Å². The van der Waals surface area contributed by atoms with Crippen molar-refractivity contribution >= 4 is 11.6 Å². The normalized spacial score (nSPS) is 21.6. The quantitative estimate of drug-likeness (QED) is 0.570. The highest BCUT2D eigenvalue weighted by Crippen LogP contribution is 2.47. The van der Waals surface area contributed by atoms with Gasteiger partial charge >= 0.3 is 0 Å². The van der Waals surface area contributed by atoms with Crippen LogP contribution < -0.4 is 5.32 Å². The standard InChI is InChI=1S/C26H39N5O/c1-16(2)11-19-13-20(14-19)25-28-29-26(31(25)21-8-9-21)23(30(5)6)15-24(32)27-22-10-7-17(3)12-18(22)4/h7,10,12,16,19-21,23H,8-9,11,13-15H2,1-6H3,(H,27,32)/t19?,20?,23-/m0/s1. The van der Waals surface area contributed by atoms with Crippen molar-refractivity contribution in [2.24, 2.45) is 11.8 Å². The highest BCUT2D eigenvalue weighted by Gasteiger charge is 2.40. The predicted molar refractivity (Wildman–Crippen MR) is 129 cm³/mol. The summed E-state index contributed by atoms with van der Waals surface area (Å²) in [5.41, 5.74) is 3.17. The SMILES string of the molecule is Cc1ccc(NC(=O)C[C@@H](c2nnc(C3CC(CC(C)C)C3)n2C2CC2)N(C)C)c(C)c1. The molecular formula is C26H39N5O. The number of amides is 1. The lowest BCUT2D eigenvalue weighted by molar-refractivity contribution is -0.117. The number of hydrogen-bond donors (Lipinski definition) is 1. The van der Waals surface area contributed by atoms with E-state index in [0.29, 0.717) is 18.4 Å². The molecule has 0 radical (unpaired) electrons. The van der Waals surface area contributed by atoms with Crippen LogP contribution in [0, 0.1) is 25.7 Å². The molecule has 0 bridgehead atoms. The summed E-state index contributed by atoms with van der Waals surface area (Å²) in [6, 6.07) is 6.54. The van der Waals surface area contributed by atoms with Crippen LogP contribution in [0.25, 0.3) is 0 Å². The monoisotopic (exact) mass is 437 g/mol. The lowest BCUT2D eigenvalue weighted by Gasteiger charge is -2.36. The lowest BCUT2D eigenvalue weighted by atomic mass is 9.71. The van der Waals surface area contributed by atoms with E-state index in [0.717, 1.165) is 34.7 Å². The number of aromatic nitrogens is 3. The van der Waals surface area contributed by atoms with E-state index in [1.54, 1.807) is 0 Å². The van der Waals surface area contributed by atoms with Gasteiger partial charge in [0.15, 0.2) is 5.82 Å². The van der Waals surface area contributed by atoms with Gasteiger partial charge in [-0.2, -0.15) is 0 Å². The largest absolute Gasteiger partial charge is 0.326 e. The third-order valence-electron chi connectivity index (χ3n) is 7.02. The Hall–Kier alpha value is -2.21. The van der Waals surface area contributed by atoms with Gasteiger partial charge in [0.05, 0.1) is 6.04 Å². The van der Waals surface area contributed by atoms with E-state index >= 15 is 0 Å². The zero-order chi connectivity index (χ0) is 23.0. The van der Waals surface area contributed by atoms with Gasteiger partial charge in [0.25, 0.3) is 0 Å². The van der Waals surface area contributed by atoms with Crippen LogP contribution in [0.1, 0.15) is 93.1 Å². The number of carbonyl (C=O) groups is 1. The second kappa shape index (κ2) is 9.34. The van der Waals surface area contributed by atoms with E-state index in [9.17, 15) is 4.79 Å². The molecular weight excluding hydrogens is 398 g/mol. The third-order valence-corrected chi connectivity index (χ3v) is 7.02. The molecule has 1 aromatic heterocycles. The van der Waals surface area contributed by atoms with Gasteiger partial charge in [-0.15, -0.1) is 10.2 Å². The smallest absolute Gasteiger partial charge is 0.226 e. The molecule has 1 heterocycles. The van der Waals surface area contributed by atoms with Crippen LogP contribution in [0.2, 0.25) is 0 Å². The second-order valence-corrected chi connectivity index (χ2v) is 10.7. The van der Waals surface area contributed by atoms with E-state index < -0.39 is 0 Å². The molecule has 2 aliphatic rings. The minimum Gasteiger partial charge on any atom is -0.326 e. The topological polar surface area (TPSA) is 63.1 Å². The number of nitrogens with one attached hydrogen (secondary N) is 1. The van der Waals surface area contributed by atoms with Gasteiger partial charge in [0, 0.05) is 24.1 Å². The first-order valence-electron chi connectivity index (χ1n) is 12.2. The fourth-order valence-corrected chi connectivity index (χ4v) is 5.17. The Morgan fingerprint density at radius 3 is 2.50 bits per heavy atom. The number of aryl methyl sites for hydroxylation is 2. The molecule has 1 aromatic carbocycles. The van der Waals surface area contributed by atoms with Crippen LogP contribution in [0.4, 0.5) is 5.69 Å². The number of carbonyl (C=O) groups excluding carboxylic acids is 1. The first-order valence-corrected chi connectivity index (χ1v) is 12.2. The number of anilines is 1. The minimum atomic E-state index is -0.0888. The molecule has 2 saturated carbocycles. The van der Waals surface area contributed by atoms with Crippen molar-refractivity contribution in [1.29, 1.82) is 0 Å².